The van der Waals surface area contributed by atoms with Gasteiger partial charge < -0.3 is 10.5 Å². The van der Waals surface area contributed by atoms with Gasteiger partial charge in [0.25, 0.3) is 0 Å². The number of ether oxygens (including phenoxy) is 1. The first-order chi connectivity index (χ1) is 8.16. The van der Waals surface area contributed by atoms with Crippen molar-refractivity contribution in [2.24, 2.45) is 0 Å². The third-order valence-electron chi connectivity index (χ3n) is 2.12. The molecule has 0 spiro atoms. The van der Waals surface area contributed by atoms with Crippen LogP contribution in [0.3, 0.4) is 0 Å². The van der Waals surface area contributed by atoms with E-state index in [9.17, 15) is 8.78 Å². The molecule has 88 valence electrons. The van der Waals surface area contributed by atoms with Gasteiger partial charge in [0.1, 0.15) is 6.61 Å². The van der Waals surface area contributed by atoms with E-state index in [2.05, 4.69) is 4.98 Å². The fraction of sp³-hybridized carbons (Fsp3) is 0.0833. The minimum atomic E-state index is -0.742. The van der Waals surface area contributed by atoms with Gasteiger partial charge in [0.15, 0.2) is 17.4 Å². The number of nitrogens with zero attached hydrogens (tertiary/aromatic N) is 1. The molecule has 0 aliphatic heterocycles. The number of hydrogen-bond acceptors (Lipinski definition) is 3. The maximum Gasteiger partial charge on any atom is 0.191 e. The molecular weight excluding hydrogens is 226 g/mol. The average Bonchev–Trinajstić information content (AvgIpc) is 2.28. The summed E-state index contributed by atoms with van der Waals surface area (Å²) in [6, 6.07) is 6.73. The lowest BCUT2D eigenvalue weighted by atomic mass is 10.3. The zero-order valence-corrected chi connectivity index (χ0v) is 8.86. The molecule has 0 bridgehead atoms. The summed E-state index contributed by atoms with van der Waals surface area (Å²) >= 11 is 0. The van der Waals surface area contributed by atoms with E-state index in [0.29, 0.717) is 11.4 Å². The van der Waals surface area contributed by atoms with Gasteiger partial charge in [-0.05, 0) is 24.3 Å². The van der Waals surface area contributed by atoms with E-state index in [4.69, 9.17) is 10.5 Å². The summed E-state index contributed by atoms with van der Waals surface area (Å²) in [6.45, 7) is -0.0388. The second kappa shape index (κ2) is 4.78. The van der Waals surface area contributed by atoms with Gasteiger partial charge in [-0.2, -0.15) is 0 Å². The Bertz CT molecular complexity index is 511. The van der Waals surface area contributed by atoms with E-state index in [1.165, 1.54) is 12.3 Å². The second-order valence-electron chi connectivity index (χ2n) is 3.42. The van der Waals surface area contributed by atoms with E-state index >= 15 is 0 Å². The van der Waals surface area contributed by atoms with Crippen molar-refractivity contribution in [3.63, 3.8) is 0 Å². The molecule has 0 saturated carbocycles. The zero-order chi connectivity index (χ0) is 12.3. The van der Waals surface area contributed by atoms with E-state index < -0.39 is 17.4 Å². The molecule has 1 heterocycles. The minimum Gasteiger partial charge on any atom is -0.481 e. The first-order valence-corrected chi connectivity index (χ1v) is 4.94. The van der Waals surface area contributed by atoms with Gasteiger partial charge in [0.05, 0.1) is 5.69 Å². The quantitative estimate of drug-likeness (QED) is 0.890. The van der Waals surface area contributed by atoms with Crippen LogP contribution in [0.4, 0.5) is 14.5 Å². The molecule has 2 aromatic rings. The van der Waals surface area contributed by atoms with Crippen LogP contribution in [0.2, 0.25) is 0 Å². The molecule has 0 fully saturated rings. The third kappa shape index (κ3) is 2.69. The number of pyridine rings is 1. The second-order valence-corrected chi connectivity index (χ2v) is 3.42. The van der Waals surface area contributed by atoms with E-state index in [-0.39, 0.29) is 6.61 Å². The summed E-state index contributed by atoms with van der Waals surface area (Å²) < 4.78 is 31.5. The molecule has 1 aromatic carbocycles. The predicted molar refractivity (Wildman–Crippen MR) is 59.3 cm³/mol. The number of nitrogens with two attached hydrogens (primary N) is 1. The highest BCUT2D eigenvalue weighted by molar-refractivity contribution is 5.37. The predicted octanol–water partition coefficient (Wildman–Crippen LogP) is 2.52. The molecule has 17 heavy (non-hydrogen) atoms. The molecule has 0 amide bonds. The molecule has 0 aliphatic rings. The van der Waals surface area contributed by atoms with Crippen LogP contribution >= 0.6 is 0 Å². The third-order valence-corrected chi connectivity index (χ3v) is 2.12. The number of rotatable bonds is 3. The SMILES string of the molecule is Nc1ccnc(COc2c(F)cccc2F)c1. The molecule has 0 atom stereocenters. The molecule has 0 radical (unpaired) electrons. The van der Waals surface area contributed by atoms with Crippen LogP contribution < -0.4 is 10.5 Å². The Balaban J connectivity index is 2.13. The molecule has 1 aromatic heterocycles. The number of aromatic nitrogens is 1. The molecule has 0 unspecified atom stereocenters. The van der Waals surface area contributed by atoms with E-state index in [1.807, 2.05) is 0 Å². The Hall–Kier alpha value is -2.17. The van der Waals surface area contributed by atoms with Gasteiger partial charge in [-0.25, -0.2) is 8.78 Å². The largest absolute Gasteiger partial charge is 0.481 e. The van der Waals surface area contributed by atoms with Crippen molar-refractivity contribution in [2.75, 3.05) is 5.73 Å². The van der Waals surface area contributed by atoms with Crippen LogP contribution in [0.1, 0.15) is 5.69 Å². The summed E-state index contributed by atoms with van der Waals surface area (Å²) in [6.07, 6.45) is 1.51. The lowest BCUT2D eigenvalue weighted by molar-refractivity contribution is 0.270. The number of halogens is 2. The van der Waals surface area contributed by atoms with Gasteiger partial charge in [-0.1, -0.05) is 6.07 Å². The van der Waals surface area contributed by atoms with Gasteiger partial charge >= 0.3 is 0 Å². The van der Waals surface area contributed by atoms with E-state index in [1.54, 1.807) is 12.1 Å². The Morgan fingerprint density at radius 3 is 2.53 bits per heavy atom. The maximum absolute atomic E-state index is 13.2. The first-order valence-electron chi connectivity index (χ1n) is 4.94. The highest BCUT2D eigenvalue weighted by Crippen LogP contribution is 2.21. The van der Waals surface area contributed by atoms with Crippen LogP contribution in [0, 0.1) is 11.6 Å². The lowest BCUT2D eigenvalue weighted by Gasteiger charge is -2.07. The first kappa shape index (κ1) is 11.3. The van der Waals surface area contributed by atoms with Crippen molar-refractivity contribution in [1.82, 2.24) is 4.98 Å². The highest BCUT2D eigenvalue weighted by Gasteiger charge is 2.09. The van der Waals surface area contributed by atoms with Gasteiger partial charge in [-0.3, -0.25) is 4.98 Å². The van der Waals surface area contributed by atoms with Crippen molar-refractivity contribution in [3.05, 3.63) is 53.9 Å². The fourth-order valence-corrected chi connectivity index (χ4v) is 1.34. The fourth-order valence-electron chi connectivity index (χ4n) is 1.34. The molecule has 3 nitrogen and oxygen atoms in total. The normalized spacial score (nSPS) is 10.2. The van der Waals surface area contributed by atoms with Crippen molar-refractivity contribution in [3.8, 4) is 5.75 Å². The smallest absolute Gasteiger partial charge is 0.191 e. The Labute approximate surface area is 96.9 Å². The molecule has 0 saturated heterocycles. The Morgan fingerprint density at radius 1 is 1.18 bits per heavy atom. The van der Waals surface area contributed by atoms with Gasteiger partial charge in [0, 0.05) is 11.9 Å². The molecular formula is C12H10F2N2O. The molecule has 2 N–H and O–H groups in total. The number of anilines is 1. The Morgan fingerprint density at radius 2 is 1.88 bits per heavy atom. The van der Waals surface area contributed by atoms with Crippen LogP contribution in [-0.2, 0) is 6.61 Å². The van der Waals surface area contributed by atoms with Gasteiger partial charge in [-0.15, -0.1) is 0 Å². The van der Waals surface area contributed by atoms with Crippen LogP contribution in [0.15, 0.2) is 36.5 Å². The lowest BCUT2D eigenvalue weighted by Crippen LogP contribution is -2.02. The molecule has 2 rings (SSSR count). The zero-order valence-electron chi connectivity index (χ0n) is 8.86. The van der Waals surface area contributed by atoms with Crippen LogP contribution in [0.25, 0.3) is 0 Å². The summed E-state index contributed by atoms with van der Waals surface area (Å²) in [5, 5.41) is 0. The molecule has 5 heteroatoms. The number of benzene rings is 1. The van der Waals surface area contributed by atoms with Crippen molar-refractivity contribution >= 4 is 5.69 Å². The highest BCUT2D eigenvalue weighted by atomic mass is 19.1. The maximum atomic E-state index is 13.2. The number of hydrogen-bond donors (Lipinski definition) is 1. The van der Waals surface area contributed by atoms with Gasteiger partial charge in [0.2, 0.25) is 0 Å². The van der Waals surface area contributed by atoms with Crippen LogP contribution in [0.5, 0.6) is 5.75 Å². The standard InChI is InChI=1S/C12H10F2N2O/c13-10-2-1-3-11(14)12(10)17-7-9-6-8(15)4-5-16-9/h1-6H,7H2,(H2,15,16). The van der Waals surface area contributed by atoms with Crippen molar-refractivity contribution in [1.29, 1.82) is 0 Å². The average molecular weight is 236 g/mol. The van der Waals surface area contributed by atoms with E-state index in [0.717, 1.165) is 12.1 Å². The summed E-state index contributed by atoms with van der Waals surface area (Å²) in [4.78, 5) is 3.96. The minimum absolute atomic E-state index is 0.0388. The van der Waals surface area contributed by atoms with Crippen LogP contribution in [-0.4, -0.2) is 4.98 Å². The monoisotopic (exact) mass is 236 g/mol. The number of para-hydroxylation sites is 1. The van der Waals surface area contributed by atoms with Crippen molar-refractivity contribution < 1.29 is 13.5 Å². The summed E-state index contributed by atoms with van der Waals surface area (Å²) in [7, 11) is 0. The number of nitrogen functional groups attached to an aromatic ring is 1. The summed E-state index contributed by atoms with van der Waals surface area (Å²) in [5.74, 6) is -1.89. The van der Waals surface area contributed by atoms with Crippen molar-refractivity contribution in [2.45, 2.75) is 6.61 Å². The molecule has 0 aliphatic carbocycles. The Kier molecular flexibility index (Phi) is 3.18. The summed E-state index contributed by atoms with van der Waals surface area (Å²) in [5.41, 5.74) is 6.57. The topological polar surface area (TPSA) is 48.1 Å².